The third kappa shape index (κ3) is 1.67. The zero-order valence-electron chi connectivity index (χ0n) is 7.36. The summed E-state index contributed by atoms with van der Waals surface area (Å²) in [5.74, 6) is 0.841. The molecule has 2 heterocycles. The highest BCUT2D eigenvalue weighted by Gasteiger charge is 2.12. The molecule has 0 bridgehead atoms. The van der Waals surface area contributed by atoms with Gasteiger partial charge in [-0.3, -0.25) is 9.98 Å². The minimum atomic E-state index is 0.642. The molecule has 3 nitrogen and oxygen atoms in total. The minimum absolute atomic E-state index is 0.642. The van der Waals surface area contributed by atoms with Gasteiger partial charge in [0.1, 0.15) is 17.4 Å². The van der Waals surface area contributed by atoms with Crippen LogP contribution in [0.3, 0.4) is 0 Å². The number of hydrogen-bond donors (Lipinski definition) is 0. The third-order valence-corrected chi connectivity index (χ3v) is 2.55. The fourth-order valence-corrected chi connectivity index (χ4v) is 1.84. The molecule has 13 heavy (non-hydrogen) atoms. The molecular formula is C9H10N2OS. The molecule has 0 aliphatic carbocycles. The lowest BCUT2D eigenvalue weighted by Crippen LogP contribution is -1.99. The summed E-state index contributed by atoms with van der Waals surface area (Å²) in [5.41, 5.74) is 1.06. The van der Waals surface area contributed by atoms with Gasteiger partial charge in [-0.1, -0.05) is 0 Å². The number of pyridine rings is 1. The van der Waals surface area contributed by atoms with E-state index in [1.165, 1.54) is 0 Å². The average Bonchev–Trinajstić information content (AvgIpc) is 2.39. The predicted octanol–water partition coefficient (Wildman–Crippen LogP) is 1.58. The van der Waals surface area contributed by atoms with Crippen LogP contribution in [0.1, 0.15) is 5.56 Å². The summed E-state index contributed by atoms with van der Waals surface area (Å²) < 4.78 is 5.49. The maximum atomic E-state index is 5.49. The van der Waals surface area contributed by atoms with Crippen LogP contribution in [0.5, 0.6) is 5.75 Å². The van der Waals surface area contributed by atoms with Gasteiger partial charge in [0.05, 0.1) is 18.3 Å². The molecule has 0 atom stereocenters. The fourth-order valence-electron chi connectivity index (χ4n) is 1.23. The van der Waals surface area contributed by atoms with Crippen LogP contribution in [0.25, 0.3) is 0 Å². The van der Waals surface area contributed by atoms with Gasteiger partial charge in [0, 0.05) is 6.20 Å². The molecule has 1 aromatic rings. The highest BCUT2D eigenvalue weighted by molar-refractivity contribution is 8.13. The number of rotatable bonds is 0. The van der Waals surface area contributed by atoms with Crippen LogP contribution in [-0.2, 0) is 0 Å². The largest absolute Gasteiger partial charge is 0.489 e. The van der Waals surface area contributed by atoms with E-state index in [1.807, 2.05) is 12.3 Å². The van der Waals surface area contributed by atoms with Gasteiger partial charge in [0.15, 0.2) is 0 Å². The van der Waals surface area contributed by atoms with E-state index in [0.717, 1.165) is 22.9 Å². The average molecular weight is 194 g/mol. The molecule has 0 radical (unpaired) electrons. The summed E-state index contributed by atoms with van der Waals surface area (Å²) >= 11 is 1.64. The van der Waals surface area contributed by atoms with Crippen molar-refractivity contribution in [3.8, 4) is 5.75 Å². The van der Waals surface area contributed by atoms with Gasteiger partial charge in [-0.25, -0.2) is 0 Å². The standard InChI is InChI=1S/C9H10N2OS/c1-13-9-7-2-3-10-6-8(7)12-5-4-11-9/h2-3,6H,4-5H2,1H3. The lowest BCUT2D eigenvalue weighted by atomic mass is 10.3. The SMILES string of the molecule is CSC1=NCCOc2cnccc21. The maximum absolute atomic E-state index is 5.49. The Hall–Kier alpha value is -1.03. The second kappa shape index (κ2) is 3.79. The Morgan fingerprint density at radius 1 is 1.54 bits per heavy atom. The Labute approximate surface area is 81.2 Å². The van der Waals surface area contributed by atoms with Crippen LogP contribution in [-0.4, -0.2) is 29.4 Å². The molecule has 1 aromatic heterocycles. The molecular weight excluding hydrogens is 184 g/mol. The van der Waals surface area contributed by atoms with E-state index in [4.69, 9.17) is 4.74 Å². The van der Waals surface area contributed by atoms with Crippen molar-refractivity contribution in [1.29, 1.82) is 0 Å². The first-order valence-electron chi connectivity index (χ1n) is 4.07. The molecule has 0 saturated carbocycles. The molecule has 2 rings (SSSR count). The Morgan fingerprint density at radius 3 is 3.31 bits per heavy atom. The van der Waals surface area contributed by atoms with E-state index in [2.05, 4.69) is 9.98 Å². The third-order valence-electron chi connectivity index (χ3n) is 1.81. The van der Waals surface area contributed by atoms with Gasteiger partial charge >= 0.3 is 0 Å². The monoisotopic (exact) mass is 194 g/mol. The first kappa shape index (κ1) is 8.56. The van der Waals surface area contributed by atoms with E-state index in [0.29, 0.717) is 6.61 Å². The Morgan fingerprint density at radius 2 is 2.46 bits per heavy atom. The Kier molecular flexibility index (Phi) is 2.49. The van der Waals surface area contributed by atoms with Crippen molar-refractivity contribution in [2.75, 3.05) is 19.4 Å². The van der Waals surface area contributed by atoms with E-state index < -0.39 is 0 Å². The topological polar surface area (TPSA) is 34.5 Å². The number of aliphatic imine (C=N–C) groups is 1. The van der Waals surface area contributed by atoms with Gasteiger partial charge in [-0.2, -0.15) is 0 Å². The summed E-state index contributed by atoms with van der Waals surface area (Å²) in [4.78, 5) is 8.43. The number of hydrogen-bond acceptors (Lipinski definition) is 4. The van der Waals surface area contributed by atoms with Crippen LogP contribution in [0, 0.1) is 0 Å². The summed E-state index contributed by atoms with van der Waals surface area (Å²) in [6, 6.07) is 1.94. The van der Waals surface area contributed by atoms with Gasteiger partial charge in [-0.05, 0) is 12.3 Å². The number of thioether (sulfide) groups is 1. The lowest BCUT2D eigenvalue weighted by molar-refractivity contribution is 0.330. The number of aromatic nitrogens is 1. The predicted molar refractivity (Wildman–Crippen MR) is 54.7 cm³/mol. The normalized spacial score (nSPS) is 15.3. The molecule has 0 N–H and O–H groups in total. The van der Waals surface area contributed by atoms with Crippen molar-refractivity contribution in [1.82, 2.24) is 4.98 Å². The fraction of sp³-hybridized carbons (Fsp3) is 0.333. The van der Waals surface area contributed by atoms with Gasteiger partial charge in [0.2, 0.25) is 0 Å². The van der Waals surface area contributed by atoms with E-state index in [1.54, 1.807) is 24.2 Å². The molecule has 0 aromatic carbocycles. The van der Waals surface area contributed by atoms with Crippen molar-refractivity contribution in [2.24, 2.45) is 4.99 Å². The minimum Gasteiger partial charge on any atom is -0.489 e. The molecule has 0 unspecified atom stereocenters. The van der Waals surface area contributed by atoms with Crippen LogP contribution in [0.2, 0.25) is 0 Å². The second-order valence-electron chi connectivity index (χ2n) is 2.61. The summed E-state index contributed by atoms with van der Waals surface area (Å²) in [6.45, 7) is 1.37. The van der Waals surface area contributed by atoms with E-state index >= 15 is 0 Å². The Bertz CT molecular complexity index is 338. The maximum Gasteiger partial charge on any atom is 0.147 e. The van der Waals surface area contributed by atoms with Crippen molar-refractivity contribution >= 4 is 16.8 Å². The molecule has 4 heteroatoms. The number of ether oxygens (including phenoxy) is 1. The first-order valence-corrected chi connectivity index (χ1v) is 5.30. The molecule has 0 saturated heterocycles. The van der Waals surface area contributed by atoms with Crippen LogP contribution < -0.4 is 4.74 Å². The van der Waals surface area contributed by atoms with Gasteiger partial charge in [-0.15, -0.1) is 11.8 Å². The highest BCUT2D eigenvalue weighted by atomic mass is 32.2. The zero-order valence-corrected chi connectivity index (χ0v) is 8.17. The molecule has 0 fully saturated rings. The van der Waals surface area contributed by atoms with Gasteiger partial charge < -0.3 is 4.74 Å². The van der Waals surface area contributed by atoms with Crippen molar-refractivity contribution in [3.05, 3.63) is 24.0 Å². The van der Waals surface area contributed by atoms with Crippen molar-refractivity contribution in [3.63, 3.8) is 0 Å². The number of nitrogens with zero attached hydrogens (tertiary/aromatic N) is 2. The lowest BCUT2D eigenvalue weighted by Gasteiger charge is -2.05. The van der Waals surface area contributed by atoms with E-state index in [9.17, 15) is 0 Å². The number of fused-ring (bicyclic) bond motifs is 1. The second-order valence-corrected chi connectivity index (χ2v) is 3.41. The molecule has 68 valence electrons. The van der Waals surface area contributed by atoms with Crippen LogP contribution >= 0.6 is 11.8 Å². The quantitative estimate of drug-likeness (QED) is 0.629. The molecule has 1 aliphatic heterocycles. The van der Waals surface area contributed by atoms with Crippen LogP contribution in [0.15, 0.2) is 23.5 Å². The molecule has 0 amide bonds. The van der Waals surface area contributed by atoms with Crippen molar-refractivity contribution in [2.45, 2.75) is 0 Å². The van der Waals surface area contributed by atoms with Gasteiger partial charge in [0.25, 0.3) is 0 Å². The summed E-state index contributed by atoms with van der Waals surface area (Å²) in [6.07, 6.45) is 5.53. The van der Waals surface area contributed by atoms with E-state index in [-0.39, 0.29) is 0 Å². The molecule has 0 spiro atoms. The molecule has 1 aliphatic rings. The van der Waals surface area contributed by atoms with Crippen LogP contribution in [0.4, 0.5) is 0 Å². The smallest absolute Gasteiger partial charge is 0.147 e. The zero-order chi connectivity index (χ0) is 9.10. The van der Waals surface area contributed by atoms with Crippen molar-refractivity contribution < 1.29 is 4.74 Å². The Balaban J connectivity index is 2.47. The summed E-state index contributed by atoms with van der Waals surface area (Å²) in [5, 5.41) is 1.04. The first-order chi connectivity index (χ1) is 6.42. The highest BCUT2D eigenvalue weighted by Crippen LogP contribution is 2.23. The summed E-state index contributed by atoms with van der Waals surface area (Å²) in [7, 11) is 0.